The Morgan fingerprint density at radius 2 is 1.84 bits per heavy atom. The predicted octanol–water partition coefficient (Wildman–Crippen LogP) is 4.50. The molecule has 1 fully saturated rings. The third-order valence-corrected chi connectivity index (χ3v) is 7.95. The van der Waals surface area contributed by atoms with Crippen LogP contribution in [0.25, 0.3) is 0 Å². The van der Waals surface area contributed by atoms with Crippen LogP contribution in [0.1, 0.15) is 43.5 Å². The number of sulfonamides is 1. The number of imidazole rings is 1. The number of aromatic nitrogens is 2. The Labute approximate surface area is 185 Å². The van der Waals surface area contributed by atoms with Gasteiger partial charge in [-0.2, -0.15) is 4.31 Å². The monoisotopic (exact) mass is 438 g/mol. The lowest BCUT2D eigenvalue weighted by Crippen LogP contribution is -2.38. The molecule has 0 saturated heterocycles. The van der Waals surface area contributed by atoms with Gasteiger partial charge in [0, 0.05) is 37.7 Å². The second kappa shape index (κ2) is 9.66. The van der Waals surface area contributed by atoms with E-state index in [2.05, 4.69) is 27.0 Å². The van der Waals surface area contributed by atoms with Gasteiger partial charge in [-0.3, -0.25) is 0 Å². The van der Waals surface area contributed by atoms with E-state index in [-0.39, 0.29) is 6.04 Å². The summed E-state index contributed by atoms with van der Waals surface area (Å²) in [6.45, 7) is 1.26. The van der Waals surface area contributed by atoms with Gasteiger partial charge in [-0.15, -0.1) is 0 Å². The Morgan fingerprint density at radius 1 is 1.06 bits per heavy atom. The van der Waals surface area contributed by atoms with Crippen molar-refractivity contribution in [1.82, 2.24) is 13.9 Å². The lowest BCUT2D eigenvalue weighted by atomic mass is 9.96. The third kappa shape index (κ3) is 5.17. The number of nitrogens with one attached hydrogen (secondary N) is 1. The first kappa shape index (κ1) is 21.6. The molecule has 31 heavy (non-hydrogen) atoms. The number of anilines is 1. The lowest BCUT2D eigenvalue weighted by Gasteiger charge is -2.30. The highest BCUT2D eigenvalue weighted by molar-refractivity contribution is 7.89. The number of rotatable bonds is 8. The number of benzene rings is 2. The summed E-state index contributed by atoms with van der Waals surface area (Å²) in [6, 6.07) is 17.4. The van der Waals surface area contributed by atoms with Crippen LogP contribution in [-0.2, 0) is 23.1 Å². The quantitative estimate of drug-likeness (QED) is 0.562. The molecule has 1 aliphatic rings. The van der Waals surface area contributed by atoms with E-state index >= 15 is 0 Å². The van der Waals surface area contributed by atoms with Crippen LogP contribution in [0.15, 0.2) is 71.9 Å². The molecule has 0 spiro atoms. The van der Waals surface area contributed by atoms with Crippen molar-refractivity contribution in [2.75, 3.05) is 12.4 Å². The molecule has 0 unspecified atom stereocenters. The Morgan fingerprint density at radius 3 is 2.61 bits per heavy atom. The molecule has 3 aromatic rings. The summed E-state index contributed by atoms with van der Waals surface area (Å²) in [5.41, 5.74) is 1.98. The lowest BCUT2D eigenvalue weighted by molar-refractivity contribution is 0.286. The minimum atomic E-state index is -3.51. The predicted molar refractivity (Wildman–Crippen MR) is 123 cm³/mol. The van der Waals surface area contributed by atoms with Gasteiger partial charge in [-0.05, 0) is 36.6 Å². The van der Waals surface area contributed by atoms with Crippen molar-refractivity contribution in [3.63, 3.8) is 0 Å². The van der Waals surface area contributed by atoms with Crippen LogP contribution in [-0.4, -0.2) is 35.4 Å². The topological polar surface area (TPSA) is 67.2 Å². The van der Waals surface area contributed by atoms with Gasteiger partial charge in [0.05, 0.1) is 11.4 Å². The van der Waals surface area contributed by atoms with Gasteiger partial charge in [0.2, 0.25) is 10.0 Å². The Hall–Kier alpha value is -2.64. The minimum Gasteiger partial charge on any atom is -0.378 e. The van der Waals surface area contributed by atoms with Crippen LogP contribution in [0.2, 0.25) is 0 Å². The third-order valence-electron chi connectivity index (χ3n) is 6.05. The average Bonchev–Trinajstić information content (AvgIpc) is 3.25. The standard InChI is InChI=1S/C24H30N4O2S/c1-27(22-12-6-3-7-13-22)31(29,30)23-14-8-11-21(17-23)26-18-24-25-15-16-28(24)19-20-9-4-2-5-10-20/h2,4-5,8-11,14-17,22,26H,3,6-7,12-13,18-19H2,1H3. The molecule has 0 atom stereocenters. The summed E-state index contributed by atoms with van der Waals surface area (Å²) in [5, 5.41) is 3.34. The number of hydrogen-bond donors (Lipinski definition) is 1. The smallest absolute Gasteiger partial charge is 0.243 e. The maximum absolute atomic E-state index is 13.2. The molecule has 0 amide bonds. The summed E-state index contributed by atoms with van der Waals surface area (Å²) >= 11 is 0. The second-order valence-electron chi connectivity index (χ2n) is 8.15. The summed E-state index contributed by atoms with van der Waals surface area (Å²) < 4.78 is 30.0. The van der Waals surface area contributed by atoms with Gasteiger partial charge in [0.15, 0.2) is 0 Å². The zero-order chi connectivity index (χ0) is 21.7. The molecular formula is C24H30N4O2S. The van der Waals surface area contributed by atoms with E-state index in [1.165, 1.54) is 12.0 Å². The largest absolute Gasteiger partial charge is 0.378 e. The highest BCUT2D eigenvalue weighted by Gasteiger charge is 2.29. The molecule has 0 bridgehead atoms. The number of hydrogen-bond acceptors (Lipinski definition) is 4. The zero-order valence-corrected chi connectivity index (χ0v) is 18.8. The van der Waals surface area contributed by atoms with Gasteiger partial charge in [-0.1, -0.05) is 55.7 Å². The van der Waals surface area contributed by atoms with Crippen LogP contribution < -0.4 is 5.32 Å². The molecule has 1 aliphatic carbocycles. The van der Waals surface area contributed by atoms with E-state index < -0.39 is 10.0 Å². The fraction of sp³-hybridized carbons (Fsp3) is 0.375. The highest BCUT2D eigenvalue weighted by Crippen LogP contribution is 2.27. The molecule has 2 aromatic carbocycles. The van der Waals surface area contributed by atoms with Crippen LogP contribution in [0.5, 0.6) is 0 Å². The van der Waals surface area contributed by atoms with Crippen molar-refractivity contribution in [3.8, 4) is 0 Å². The van der Waals surface area contributed by atoms with E-state index in [0.29, 0.717) is 11.4 Å². The molecular weight excluding hydrogens is 408 g/mol. The summed E-state index contributed by atoms with van der Waals surface area (Å²) in [5.74, 6) is 0.899. The van der Waals surface area contributed by atoms with Crippen molar-refractivity contribution in [2.45, 2.75) is 56.1 Å². The zero-order valence-electron chi connectivity index (χ0n) is 17.9. The van der Waals surface area contributed by atoms with Gasteiger partial charge in [0.25, 0.3) is 0 Å². The van der Waals surface area contributed by atoms with Crippen molar-refractivity contribution >= 4 is 15.7 Å². The van der Waals surface area contributed by atoms with Gasteiger partial charge >= 0.3 is 0 Å². The minimum absolute atomic E-state index is 0.0980. The van der Waals surface area contributed by atoms with E-state index in [4.69, 9.17) is 0 Å². The Balaban J connectivity index is 1.44. The number of nitrogens with zero attached hydrogens (tertiary/aromatic N) is 3. The van der Waals surface area contributed by atoms with E-state index in [1.54, 1.807) is 35.7 Å². The molecule has 1 saturated carbocycles. The SMILES string of the molecule is CN(C1CCCCC1)S(=O)(=O)c1cccc(NCc2nccn2Cc2ccccc2)c1. The molecule has 1 aromatic heterocycles. The van der Waals surface area contributed by atoms with Crippen LogP contribution in [0, 0.1) is 0 Å². The summed E-state index contributed by atoms with van der Waals surface area (Å²) in [6.07, 6.45) is 9.03. The van der Waals surface area contributed by atoms with Crippen LogP contribution in [0.3, 0.4) is 0 Å². The fourth-order valence-corrected chi connectivity index (χ4v) is 5.65. The Bertz CT molecular complexity index is 1090. The fourth-order valence-electron chi connectivity index (χ4n) is 4.19. The van der Waals surface area contributed by atoms with Gasteiger partial charge < -0.3 is 9.88 Å². The Kier molecular flexibility index (Phi) is 6.73. The van der Waals surface area contributed by atoms with Crippen molar-refractivity contribution in [2.24, 2.45) is 0 Å². The van der Waals surface area contributed by atoms with E-state index in [1.807, 2.05) is 30.5 Å². The van der Waals surface area contributed by atoms with Crippen molar-refractivity contribution < 1.29 is 8.42 Å². The maximum atomic E-state index is 13.2. The second-order valence-corrected chi connectivity index (χ2v) is 10.1. The molecule has 6 nitrogen and oxygen atoms in total. The first-order valence-electron chi connectivity index (χ1n) is 10.9. The molecule has 164 valence electrons. The molecule has 7 heteroatoms. The summed E-state index contributed by atoms with van der Waals surface area (Å²) in [4.78, 5) is 4.79. The van der Waals surface area contributed by atoms with Crippen molar-refractivity contribution in [1.29, 1.82) is 0 Å². The van der Waals surface area contributed by atoms with Crippen molar-refractivity contribution in [3.05, 3.63) is 78.4 Å². The maximum Gasteiger partial charge on any atom is 0.243 e. The van der Waals surface area contributed by atoms with Gasteiger partial charge in [-0.25, -0.2) is 13.4 Å². The summed E-state index contributed by atoms with van der Waals surface area (Å²) in [7, 11) is -1.80. The van der Waals surface area contributed by atoms with Gasteiger partial charge in [0.1, 0.15) is 5.82 Å². The molecule has 4 rings (SSSR count). The first-order valence-corrected chi connectivity index (χ1v) is 12.3. The normalized spacial score (nSPS) is 15.3. The highest BCUT2D eigenvalue weighted by atomic mass is 32.2. The first-order chi connectivity index (χ1) is 15.0. The van der Waals surface area contributed by atoms with Crippen LogP contribution in [0.4, 0.5) is 5.69 Å². The molecule has 0 aliphatic heterocycles. The molecule has 1 N–H and O–H groups in total. The van der Waals surface area contributed by atoms with E-state index in [9.17, 15) is 8.42 Å². The molecule has 0 radical (unpaired) electrons. The average molecular weight is 439 g/mol. The van der Waals surface area contributed by atoms with E-state index in [0.717, 1.165) is 43.7 Å². The molecule has 1 heterocycles. The van der Waals surface area contributed by atoms with Crippen LogP contribution >= 0.6 is 0 Å².